The van der Waals surface area contributed by atoms with Gasteiger partial charge in [0.05, 0.1) is 25.7 Å². The molecule has 5 nitrogen and oxygen atoms in total. The van der Waals surface area contributed by atoms with Crippen molar-refractivity contribution in [2.45, 2.75) is 25.7 Å². The number of para-hydroxylation sites is 1. The lowest BCUT2D eigenvalue weighted by atomic mass is 9.96. The van der Waals surface area contributed by atoms with Crippen molar-refractivity contribution in [3.63, 3.8) is 0 Å². The zero-order valence-corrected chi connectivity index (χ0v) is 21.4. The quantitative estimate of drug-likeness (QED) is 0.205. The number of furan rings is 1. The summed E-state index contributed by atoms with van der Waals surface area (Å²) < 4.78 is 17.3. The molecule has 0 aliphatic carbocycles. The zero-order chi connectivity index (χ0) is 24.9. The normalized spacial score (nSPS) is 11.5. The van der Waals surface area contributed by atoms with Crippen molar-refractivity contribution in [1.82, 2.24) is 0 Å². The molecule has 35 heavy (non-hydrogen) atoms. The van der Waals surface area contributed by atoms with Crippen LogP contribution >= 0.6 is 11.8 Å². The average Bonchev–Trinajstić information content (AvgIpc) is 3.30. The molecule has 0 aliphatic rings. The van der Waals surface area contributed by atoms with Gasteiger partial charge in [-0.05, 0) is 68.5 Å². The van der Waals surface area contributed by atoms with E-state index in [1.807, 2.05) is 81.6 Å². The van der Waals surface area contributed by atoms with Gasteiger partial charge in [0.1, 0.15) is 17.1 Å². The number of methoxy groups -OCH3 is 1. The van der Waals surface area contributed by atoms with E-state index in [0.29, 0.717) is 6.61 Å². The maximum absolute atomic E-state index is 12.9. The Hall–Kier alpha value is -3.64. The molecule has 1 heterocycles. The number of ether oxygens (including phenoxy) is 2. The topological polar surface area (TPSA) is 60.7 Å². The highest BCUT2D eigenvalue weighted by atomic mass is 32.2. The van der Waals surface area contributed by atoms with Crippen LogP contribution in [-0.4, -0.2) is 25.9 Å². The Morgan fingerprint density at radius 3 is 2.57 bits per heavy atom. The number of hydrogen-bond acceptors (Lipinski definition) is 5. The van der Waals surface area contributed by atoms with E-state index in [0.717, 1.165) is 60.9 Å². The van der Waals surface area contributed by atoms with Crippen LogP contribution in [0.5, 0.6) is 11.5 Å². The first-order chi connectivity index (χ1) is 17.0. The molecule has 1 aromatic heterocycles. The van der Waals surface area contributed by atoms with Gasteiger partial charge >= 0.3 is 0 Å². The van der Waals surface area contributed by atoms with E-state index in [4.69, 9.17) is 13.9 Å². The van der Waals surface area contributed by atoms with Gasteiger partial charge in [0.15, 0.2) is 0 Å². The van der Waals surface area contributed by atoms with Gasteiger partial charge in [0, 0.05) is 33.0 Å². The third kappa shape index (κ3) is 5.08. The van der Waals surface area contributed by atoms with Crippen LogP contribution in [0.25, 0.3) is 27.7 Å². The first-order valence-electron chi connectivity index (χ1n) is 11.4. The number of anilines is 1. The summed E-state index contributed by atoms with van der Waals surface area (Å²) in [6.07, 6.45) is 5.38. The van der Waals surface area contributed by atoms with E-state index >= 15 is 0 Å². The molecule has 0 unspecified atom stereocenters. The maximum Gasteiger partial charge on any atom is 0.248 e. The molecule has 0 radical (unpaired) electrons. The second-order valence-corrected chi connectivity index (χ2v) is 8.93. The van der Waals surface area contributed by atoms with Crippen molar-refractivity contribution in [2.75, 3.05) is 25.3 Å². The molecule has 4 rings (SSSR count). The Morgan fingerprint density at radius 2 is 1.89 bits per heavy atom. The molecule has 0 atom stereocenters. The Labute approximate surface area is 210 Å². The van der Waals surface area contributed by atoms with Gasteiger partial charge in [-0.3, -0.25) is 4.79 Å². The smallest absolute Gasteiger partial charge is 0.248 e. The number of rotatable bonds is 8. The molecule has 3 aromatic carbocycles. The van der Waals surface area contributed by atoms with Gasteiger partial charge in [0.2, 0.25) is 5.91 Å². The summed E-state index contributed by atoms with van der Waals surface area (Å²) in [6.45, 7) is 6.37. The number of hydrogen-bond donors (Lipinski definition) is 1. The maximum atomic E-state index is 12.9. The van der Waals surface area contributed by atoms with Crippen molar-refractivity contribution in [3.05, 3.63) is 78.1 Å². The van der Waals surface area contributed by atoms with Crippen LogP contribution < -0.4 is 14.8 Å². The van der Waals surface area contributed by atoms with Crippen LogP contribution in [0.2, 0.25) is 0 Å². The van der Waals surface area contributed by atoms with Gasteiger partial charge in [0.25, 0.3) is 0 Å². The van der Waals surface area contributed by atoms with E-state index in [-0.39, 0.29) is 5.91 Å². The molecule has 0 aliphatic heterocycles. The minimum atomic E-state index is -0.188. The molecule has 6 heteroatoms. The Balaban J connectivity index is 1.77. The molecular formula is C29H29NO4S. The second kappa shape index (κ2) is 10.7. The first kappa shape index (κ1) is 24.5. The van der Waals surface area contributed by atoms with E-state index in [2.05, 4.69) is 5.32 Å². The van der Waals surface area contributed by atoms with Gasteiger partial charge < -0.3 is 19.2 Å². The summed E-state index contributed by atoms with van der Waals surface area (Å²) in [7, 11) is 1.65. The lowest BCUT2D eigenvalue weighted by molar-refractivity contribution is -0.111. The Bertz CT molecular complexity index is 1390. The van der Waals surface area contributed by atoms with Crippen LogP contribution in [0, 0.1) is 6.92 Å². The summed E-state index contributed by atoms with van der Waals surface area (Å²) in [5, 5.41) is 3.97. The fourth-order valence-electron chi connectivity index (χ4n) is 4.12. The van der Waals surface area contributed by atoms with Crippen molar-refractivity contribution in [3.8, 4) is 22.6 Å². The lowest BCUT2D eigenvalue weighted by Crippen LogP contribution is -2.09. The molecule has 4 aromatic rings. The van der Waals surface area contributed by atoms with Crippen molar-refractivity contribution < 1.29 is 18.7 Å². The second-order valence-electron chi connectivity index (χ2n) is 8.08. The predicted octanol–water partition coefficient (Wildman–Crippen LogP) is 7.58. The minimum Gasteiger partial charge on any atom is -0.497 e. The monoisotopic (exact) mass is 487 g/mol. The predicted molar refractivity (Wildman–Crippen MR) is 145 cm³/mol. The summed E-state index contributed by atoms with van der Waals surface area (Å²) in [6, 6.07) is 17.7. The third-order valence-electron chi connectivity index (χ3n) is 5.87. The molecule has 0 saturated carbocycles. The molecule has 180 valence electrons. The van der Waals surface area contributed by atoms with E-state index < -0.39 is 0 Å². The van der Waals surface area contributed by atoms with E-state index in [1.165, 1.54) is 0 Å². The Morgan fingerprint density at radius 1 is 1.14 bits per heavy atom. The number of carbonyl (C=O) groups excluding carboxylic acids is 1. The molecule has 0 bridgehead atoms. The summed E-state index contributed by atoms with van der Waals surface area (Å²) >= 11 is 1.59. The summed E-state index contributed by atoms with van der Waals surface area (Å²) in [4.78, 5) is 13.9. The molecule has 0 spiro atoms. The number of amides is 1. The SMILES string of the molecule is CCOc1c(/C(C)=C/C(=O)Nc2ccccc2SC)cc2c(-c3ccc(OC)cc3)coc2c1C. The highest BCUT2D eigenvalue weighted by Gasteiger charge is 2.19. The van der Waals surface area contributed by atoms with Gasteiger partial charge in [-0.15, -0.1) is 11.8 Å². The minimum absolute atomic E-state index is 0.188. The van der Waals surface area contributed by atoms with Gasteiger partial charge in [-0.1, -0.05) is 24.3 Å². The molecule has 0 saturated heterocycles. The number of benzene rings is 3. The fraction of sp³-hybridized carbons (Fsp3) is 0.207. The number of fused-ring (bicyclic) bond motifs is 1. The molecule has 1 N–H and O–H groups in total. The zero-order valence-electron chi connectivity index (χ0n) is 20.6. The van der Waals surface area contributed by atoms with E-state index in [1.54, 1.807) is 31.2 Å². The van der Waals surface area contributed by atoms with Gasteiger partial charge in [-0.2, -0.15) is 0 Å². The van der Waals surface area contributed by atoms with Crippen LogP contribution in [0.3, 0.4) is 0 Å². The molecule has 1 amide bonds. The largest absolute Gasteiger partial charge is 0.497 e. The van der Waals surface area contributed by atoms with Crippen LogP contribution in [0.15, 0.2) is 76.2 Å². The summed E-state index contributed by atoms with van der Waals surface area (Å²) in [5.41, 5.74) is 6.13. The fourth-order valence-corrected chi connectivity index (χ4v) is 4.68. The summed E-state index contributed by atoms with van der Waals surface area (Å²) in [5.74, 6) is 1.33. The number of thioether (sulfide) groups is 1. The van der Waals surface area contributed by atoms with Crippen LogP contribution in [0.1, 0.15) is 25.0 Å². The highest BCUT2D eigenvalue weighted by Crippen LogP contribution is 2.41. The highest BCUT2D eigenvalue weighted by molar-refractivity contribution is 7.98. The molecule has 0 fully saturated rings. The third-order valence-corrected chi connectivity index (χ3v) is 6.67. The number of nitrogens with one attached hydrogen (secondary N) is 1. The van der Waals surface area contributed by atoms with Gasteiger partial charge in [-0.25, -0.2) is 0 Å². The molecular weight excluding hydrogens is 458 g/mol. The van der Waals surface area contributed by atoms with Crippen LogP contribution in [-0.2, 0) is 4.79 Å². The van der Waals surface area contributed by atoms with Crippen molar-refractivity contribution in [1.29, 1.82) is 0 Å². The van der Waals surface area contributed by atoms with Crippen molar-refractivity contribution >= 4 is 39.9 Å². The number of aryl methyl sites for hydroxylation is 1. The number of allylic oxidation sites excluding steroid dienone is 1. The standard InChI is InChI=1S/C29H29NO4S/c1-6-33-28-19(3)29-23(24(17-34-29)20-11-13-21(32-4)14-12-20)16-22(28)18(2)15-27(31)30-25-9-7-8-10-26(25)35-5/h7-17H,6H2,1-5H3,(H,30,31)/b18-15+. The number of carbonyl (C=O) groups is 1. The first-order valence-corrected chi connectivity index (χ1v) is 12.6. The van der Waals surface area contributed by atoms with E-state index in [9.17, 15) is 4.79 Å². The average molecular weight is 488 g/mol. The Kier molecular flexibility index (Phi) is 7.51. The van der Waals surface area contributed by atoms with Crippen molar-refractivity contribution in [2.24, 2.45) is 0 Å². The lowest BCUT2D eigenvalue weighted by Gasteiger charge is -2.15. The van der Waals surface area contributed by atoms with Crippen LogP contribution in [0.4, 0.5) is 5.69 Å².